The second-order valence-corrected chi connectivity index (χ2v) is 5.60. The first kappa shape index (κ1) is 14.0. The molecule has 1 saturated heterocycles. The van der Waals surface area contributed by atoms with Crippen molar-refractivity contribution in [1.29, 1.82) is 0 Å². The topological polar surface area (TPSA) is 15.3 Å². The van der Waals surface area contributed by atoms with E-state index in [1.807, 2.05) is 0 Å². The SMILES string of the molecule is CCC(C)C1CN(C(C)(CC)CC)CCN1. The Labute approximate surface area is 102 Å². The zero-order valence-corrected chi connectivity index (χ0v) is 11.8. The standard InChI is InChI=1S/C14H30N2/c1-6-12(4)13-11-16(10-9-15-13)14(5,7-2)8-3/h12-13,15H,6-11H2,1-5H3. The Morgan fingerprint density at radius 1 is 1.31 bits per heavy atom. The van der Waals surface area contributed by atoms with E-state index in [2.05, 4.69) is 44.8 Å². The van der Waals surface area contributed by atoms with Crippen LogP contribution in [-0.4, -0.2) is 36.1 Å². The zero-order chi connectivity index (χ0) is 12.2. The Morgan fingerprint density at radius 2 is 1.94 bits per heavy atom. The Morgan fingerprint density at radius 3 is 2.44 bits per heavy atom. The Bertz CT molecular complexity index is 199. The third kappa shape index (κ3) is 2.98. The minimum atomic E-state index is 0.411. The van der Waals surface area contributed by atoms with Gasteiger partial charge in [0.1, 0.15) is 0 Å². The molecular weight excluding hydrogens is 196 g/mol. The molecule has 0 radical (unpaired) electrons. The summed E-state index contributed by atoms with van der Waals surface area (Å²) in [6.07, 6.45) is 3.80. The van der Waals surface area contributed by atoms with Crippen LogP contribution >= 0.6 is 0 Å². The van der Waals surface area contributed by atoms with Gasteiger partial charge in [0.05, 0.1) is 0 Å². The average molecular weight is 226 g/mol. The van der Waals surface area contributed by atoms with E-state index in [0.29, 0.717) is 11.6 Å². The van der Waals surface area contributed by atoms with Crippen LogP contribution in [-0.2, 0) is 0 Å². The van der Waals surface area contributed by atoms with Crippen LogP contribution in [0.5, 0.6) is 0 Å². The van der Waals surface area contributed by atoms with Crippen molar-refractivity contribution < 1.29 is 0 Å². The van der Waals surface area contributed by atoms with Crippen LogP contribution in [0.25, 0.3) is 0 Å². The Hall–Kier alpha value is -0.0800. The second kappa shape index (κ2) is 6.02. The molecule has 2 atom stereocenters. The highest BCUT2D eigenvalue weighted by Crippen LogP contribution is 2.26. The van der Waals surface area contributed by atoms with Crippen LogP contribution in [0.2, 0.25) is 0 Å². The summed E-state index contributed by atoms with van der Waals surface area (Å²) < 4.78 is 0. The lowest BCUT2D eigenvalue weighted by Crippen LogP contribution is -2.59. The molecule has 0 aromatic rings. The van der Waals surface area contributed by atoms with Gasteiger partial charge in [0.2, 0.25) is 0 Å². The molecule has 1 rings (SSSR count). The summed E-state index contributed by atoms with van der Waals surface area (Å²) in [5.74, 6) is 0.792. The fourth-order valence-corrected chi connectivity index (χ4v) is 2.63. The predicted molar refractivity (Wildman–Crippen MR) is 71.8 cm³/mol. The van der Waals surface area contributed by atoms with Crippen LogP contribution < -0.4 is 5.32 Å². The smallest absolute Gasteiger partial charge is 0.0221 e. The van der Waals surface area contributed by atoms with Crippen LogP contribution in [0.1, 0.15) is 53.9 Å². The van der Waals surface area contributed by atoms with Crippen LogP contribution in [0.4, 0.5) is 0 Å². The summed E-state index contributed by atoms with van der Waals surface area (Å²) in [5, 5.41) is 3.68. The van der Waals surface area contributed by atoms with Crippen LogP contribution in [0.3, 0.4) is 0 Å². The number of piperazine rings is 1. The highest BCUT2D eigenvalue weighted by Gasteiger charge is 2.33. The van der Waals surface area contributed by atoms with E-state index in [1.165, 1.54) is 32.4 Å². The van der Waals surface area contributed by atoms with Gasteiger partial charge in [-0.25, -0.2) is 0 Å². The third-order valence-corrected chi connectivity index (χ3v) is 4.82. The highest BCUT2D eigenvalue weighted by atomic mass is 15.3. The normalized spacial score (nSPS) is 25.7. The summed E-state index contributed by atoms with van der Waals surface area (Å²) in [5.41, 5.74) is 0.411. The molecule has 0 aromatic carbocycles. The van der Waals surface area contributed by atoms with Crippen molar-refractivity contribution in [2.75, 3.05) is 19.6 Å². The van der Waals surface area contributed by atoms with Gasteiger partial charge in [-0.05, 0) is 25.7 Å². The predicted octanol–water partition coefficient (Wildman–Crippen LogP) is 2.89. The minimum absolute atomic E-state index is 0.411. The fraction of sp³-hybridized carbons (Fsp3) is 1.00. The molecule has 0 spiro atoms. The molecule has 0 aliphatic carbocycles. The van der Waals surface area contributed by atoms with Gasteiger partial charge in [-0.2, -0.15) is 0 Å². The molecule has 2 unspecified atom stereocenters. The fourth-order valence-electron chi connectivity index (χ4n) is 2.63. The van der Waals surface area contributed by atoms with Crippen molar-refractivity contribution in [2.45, 2.75) is 65.5 Å². The van der Waals surface area contributed by atoms with Crippen molar-refractivity contribution in [3.8, 4) is 0 Å². The Kier molecular flexibility index (Phi) is 5.26. The zero-order valence-electron chi connectivity index (χ0n) is 11.8. The molecule has 1 heterocycles. The van der Waals surface area contributed by atoms with E-state index in [4.69, 9.17) is 0 Å². The van der Waals surface area contributed by atoms with Crippen LogP contribution in [0.15, 0.2) is 0 Å². The number of nitrogens with one attached hydrogen (secondary N) is 1. The summed E-state index contributed by atoms with van der Waals surface area (Å²) in [6, 6.07) is 0.691. The first-order valence-electron chi connectivity index (χ1n) is 7.05. The van der Waals surface area contributed by atoms with Crippen LogP contribution in [0, 0.1) is 5.92 Å². The molecule has 0 aromatic heterocycles. The molecule has 1 N–H and O–H groups in total. The number of hydrogen-bond donors (Lipinski definition) is 1. The van der Waals surface area contributed by atoms with Crippen molar-refractivity contribution >= 4 is 0 Å². The van der Waals surface area contributed by atoms with E-state index >= 15 is 0 Å². The molecule has 2 heteroatoms. The maximum absolute atomic E-state index is 3.68. The van der Waals surface area contributed by atoms with Crippen molar-refractivity contribution in [2.24, 2.45) is 5.92 Å². The van der Waals surface area contributed by atoms with E-state index in [0.717, 1.165) is 12.5 Å². The largest absolute Gasteiger partial charge is 0.311 e. The molecule has 96 valence electrons. The number of hydrogen-bond acceptors (Lipinski definition) is 2. The number of rotatable bonds is 5. The van der Waals surface area contributed by atoms with Gasteiger partial charge < -0.3 is 5.32 Å². The molecule has 16 heavy (non-hydrogen) atoms. The molecule has 1 fully saturated rings. The van der Waals surface area contributed by atoms with Gasteiger partial charge in [-0.1, -0.05) is 34.1 Å². The second-order valence-electron chi connectivity index (χ2n) is 5.60. The van der Waals surface area contributed by atoms with E-state index in [-0.39, 0.29) is 0 Å². The minimum Gasteiger partial charge on any atom is -0.311 e. The summed E-state index contributed by atoms with van der Waals surface area (Å²) in [6.45, 7) is 15.3. The van der Waals surface area contributed by atoms with Gasteiger partial charge in [-0.15, -0.1) is 0 Å². The Balaban J connectivity index is 2.62. The molecule has 0 saturated carbocycles. The molecule has 0 amide bonds. The molecule has 2 nitrogen and oxygen atoms in total. The quantitative estimate of drug-likeness (QED) is 0.775. The summed E-state index contributed by atoms with van der Waals surface area (Å²) in [7, 11) is 0. The molecular formula is C14H30N2. The molecule has 0 bridgehead atoms. The summed E-state index contributed by atoms with van der Waals surface area (Å²) in [4.78, 5) is 2.71. The monoisotopic (exact) mass is 226 g/mol. The lowest BCUT2D eigenvalue weighted by atomic mass is 9.89. The van der Waals surface area contributed by atoms with Gasteiger partial charge in [0.25, 0.3) is 0 Å². The first-order chi connectivity index (χ1) is 7.57. The average Bonchev–Trinajstić information content (AvgIpc) is 2.37. The van der Waals surface area contributed by atoms with Gasteiger partial charge in [0, 0.05) is 31.2 Å². The van der Waals surface area contributed by atoms with Gasteiger partial charge >= 0.3 is 0 Å². The summed E-state index contributed by atoms with van der Waals surface area (Å²) >= 11 is 0. The molecule has 1 aliphatic rings. The van der Waals surface area contributed by atoms with Crippen molar-refractivity contribution in [3.05, 3.63) is 0 Å². The first-order valence-corrected chi connectivity index (χ1v) is 7.05. The van der Waals surface area contributed by atoms with Crippen molar-refractivity contribution in [3.63, 3.8) is 0 Å². The maximum Gasteiger partial charge on any atom is 0.0221 e. The van der Waals surface area contributed by atoms with Gasteiger partial charge in [-0.3, -0.25) is 4.90 Å². The van der Waals surface area contributed by atoms with E-state index in [9.17, 15) is 0 Å². The van der Waals surface area contributed by atoms with E-state index in [1.54, 1.807) is 0 Å². The lowest BCUT2D eigenvalue weighted by Gasteiger charge is -2.46. The van der Waals surface area contributed by atoms with E-state index < -0.39 is 0 Å². The lowest BCUT2D eigenvalue weighted by molar-refractivity contribution is 0.0509. The highest BCUT2D eigenvalue weighted by molar-refractivity contribution is 4.91. The molecule has 1 aliphatic heterocycles. The number of nitrogens with zero attached hydrogens (tertiary/aromatic N) is 1. The third-order valence-electron chi connectivity index (χ3n) is 4.82. The van der Waals surface area contributed by atoms with Crippen molar-refractivity contribution in [1.82, 2.24) is 10.2 Å². The maximum atomic E-state index is 3.68. The van der Waals surface area contributed by atoms with Gasteiger partial charge in [0.15, 0.2) is 0 Å².